The maximum Gasteiger partial charge on any atom is 0.306 e. The molecule has 0 saturated heterocycles. The van der Waals surface area contributed by atoms with Gasteiger partial charge in [0.2, 0.25) is 0 Å². The van der Waals surface area contributed by atoms with Crippen molar-refractivity contribution in [3.8, 4) is 0 Å². The van der Waals surface area contributed by atoms with Gasteiger partial charge in [0, 0.05) is 3.57 Å². The largest absolute Gasteiger partial charge is 0.481 e. The number of aliphatic carboxylic acids is 1. The van der Waals surface area contributed by atoms with Crippen molar-refractivity contribution < 1.29 is 9.90 Å². The standard InChI is InChI=1S/C10H11IO2/c1-7(10(12)13)6-8-2-4-9(11)5-3-8/h2-5,7H,6H2,1H3,(H,12,13). The summed E-state index contributed by atoms with van der Waals surface area (Å²) in [7, 11) is 0. The number of hydrogen-bond acceptors (Lipinski definition) is 1. The van der Waals surface area contributed by atoms with Crippen molar-refractivity contribution in [2.45, 2.75) is 13.3 Å². The third kappa shape index (κ3) is 3.34. The Balaban J connectivity index is 2.64. The smallest absolute Gasteiger partial charge is 0.306 e. The molecular formula is C10H11IO2. The first-order chi connectivity index (χ1) is 6.09. The van der Waals surface area contributed by atoms with Crippen molar-refractivity contribution in [1.29, 1.82) is 0 Å². The molecule has 1 N–H and O–H groups in total. The summed E-state index contributed by atoms with van der Waals surface area (Å²) in [4.78, 5) is 10.6. The van der Waals surface area contributed by atoms with Crippen molar-refractivity contribution in [3.05, 3.63) is 33.4 Å². The molecule has 1 rings (SSSR count). The van der Waals surface area contributed by atoms with E-state index in [9.17, 15) is 4.79 Å². The Labute approximate surface area is 91.1 Å². The highest BCUT2D eigenvalue weighted by Crippen LogP contribution is 2.11. The zero-order chi connectivity index (χ0) is 9.84. The first kappa shape index (κ1) is 10.5. The molecule has 0 aliphatic carbocycles. The van der Waals surface area contributed by atoms with Crippen LogP contribution >= 0.6 is 22.6 Å². The lowest BCUT2D eigenvalue weighted by Crippen LogP contribution is -2.12. The van der Waals surface area contributed by atoms with Gasteiger partial charge in [0.05, 0.1) is 5.92 Å². The van der Waals surface area contributed by atoms with Gasteiger partial charge < -0.3 is 5.11 Å². The lowest BCUT2D eigenvalue weighted by Gasteiger charge is -2.05. The topological polar surface area (TPSA) is 37.3 Å². The summed E-state index contributed by atoms with van der Waals surface area (Å²) in [6, 6.07) is 7.93. The Morgan fingerprint density at radius 1 is 1.46 bits per heavy atom. The Morgan fingerprint density at radius 2 is 2.00 bits per heavy atom. The van der Waals surface area contributed by atoms with Crippen LogP contribution in [-0.4, -0.2) is 11.1 Å². The molecule has 0 radical (unpaired) electrons. The highest BCUT2D eigenvalue weighted by molar-refractivity contribution is 14.1. The molecule has 0 saturated carbocycles. The van der Waals surface area contributed by atoms with E-state index >= 15 is 0 Å². The fourth-order valence-corrected chi connectivity index (χ4v) is 1.42. The van der Waals surface area contributed by atoms with Gasteiger partial charge in [-0.3, -0.25) is 4.79 Å². The maximum atomic E-state index is 10.6. The summed E-state index contributed by atoms with van der Waals surface area (Å²) < 4.78 is 1.17. The summed E-state index contributed by atoms with van der Waals surface area (Å²) >= 11 is 2.23. The van der Waals surface area contributed by atoms with Gasteiger partial charge in [-0.1, -0.05) is 19.1 Å². The van der Waals surface area contributed by atoms with Crippen LogP contribution in [0.3, 0.4) is 0 Å². The molecule has 0 fully saturated rings. The summed E-state index contributed by atoms with van der Waals surface area (Å²) in [5, 5.41) is 8.70. The van der Waals surface area contributed by atoms with Crippen LogP contribution in [0.2, 0.25) is 0 Å². The van der Waals surface area contributed by atoms with E-state index in [2.05, 4.69) is 22.6 Å². The number of carbonyl (C=O) groups is 1. The molecule has 0 aromatic heterocycles. The van der Waals surface area contributed by atoms with E-state index < -0.39 is 5.97 Å². The van der Waals surface area contributed by atoms with Gasteiger partial charge in [-0.25, -0.2) is 0 Å². The molecule has 13 heavy (non-hydrogen) atoms. The minimum absolute atomic E-state index is 0.305. The van der Waals surface area contributed by atoms with Crippen molar-refractivity contribution in [2.75, 3.05) is 0 Å². The van der Waals surface area contributed by atoms with Crippen LogP contribution < -0.4 is 0 Å². The van der Waals surface area contributed by atoms with Gasteiger partial charge in [0.15, 0.2) is 0 Å². The number of carboxylic acid groups (broad SMARTS) is 1. The quantitative estimate of drug-likeness (QED) is 0.869. The Hall–Kier alpha value is -0.580. The van der Waals surface area contributed by atoms with E-state index in [1.165, 1.54) is 3.57 Å². The molecule has 1 atom stereocenters. The molecule has 70 valence electrons. The van der Waals surface area contributed by atoms with E-state index in [0.717, 1.165) is 5.56 Å². The normalized spacial score (nSPS) is 12.5. The van der Waals surface area contributed by atoms with E-state index in [1.54, 1.807) is 6.92 Å². The first-order valence-corrected chi connectivity index (χ1v) is 5.14. The molecule has 1 aromatic carbocycles. The highest BCUT2D eigenvalue weighted by atomic mass is 127. The molecule has 0 aliphatic rings. The fraction of sp³-hybridized carbons (Fsp3) is 0.300. The molecule has 0 spiro atoms. The number of hydrogen-bond donors (Lipinski definition) is 1. The molecule has 3 heteroatoms. The Bertz CT molecular complexity index is 292. The molecular weight excluding hydrogens is 279 g/mol. The van der Waals surface area contributed by atoms with Crippen LogP contribution in [0.15, 0.2) is 24.3 Å². The van der Waals surface area contributed by atoms with Gasteiger partial charge in [0.25, 0.3) is 0 Å². The third-order valence-corrected chi connectivity index (χ3v) is 2.60. The molecule has 0 heterocycles. The molecule has 0 amide bonds. The van der Waals surface area contributed by atoms with Gasteiger partial charge >= 0.3 is 5.97 Å². The number of carboxylic acids is 1. The van der Waals surface area contributed by atoms with Crippen LogP contribution in [0.5, 0.6) is 0 Å². The van der Waals surface area contributed by atoms with Crippen molar-refractivity contribution in [3.63, 3.8) is 0 Å². The Morgan fingerprint density at radius 3 is 2.46 bits per heavy atom. The summed E-state index contributed by atoms with van der Waals surface area (Å²) in [5.74, 6) is -1.04. The summed E-state index contributed by atoms with van der Waals surface area (Å²) in [5.41, 5.74) is 1.08. The molecule has 2 nitrogen and oxygen atoms in total. The summed E-state index contributed by atoms with van der Waals surface area (Å²) in [6.07, 6.45) is 0.603. The second kappa shape index (κ2) is 4.60. The lowest BCUT2D eigenvalue weighted by molar-refractivity contribution is -0.141. The van der Waals surface area contributed by atoms with E-state index in [1.807, 2.05) is 24.3 Å². The molecule has 0 bridgehead atoms. The zero-order valence-electron chi connectivity index (χ0n) is 7.33. The predicted octanol–water partition coefficient (Wildman–Crippen LogP) is 2.55. The van der Waals surface area contributed by atoms with Gasteiger partial charge in [-0.05, 0) is 46.7 Å². The van der Waals surface area contributed by atoms with Crippen molar-refractivity contribution >= 4 is 28.6 Å². The summed E-state index contributed by atoms with van der Waals surface area (Å²) in [6.45, 7) is 1.72. The van der Waals surface area contributed by atoms with Gasteiger partial charge in [-0.2, -0.15) is 0 Å². The van der Waals surface area contributed by atoms with Crippen LogP contribution in [-0.2, 0) is 11.2 Å². The molecule has 1 aromatic rings. The molecule has 1 unspecified atom stereocenters. The Kier molecular flexibility index (Phi) is 3.71. The minimum atomic E-state index is -0.737. The molecule has 0 aliphatic heterocycles. The number of rotatable bonds is 3. The SMILES string of the molecule is CC(Cc1ccc(I)cc1)C(=O)O. The zero-order valence-corrected chi connectivity index (χ0v) is 9.48. The van der Waals surface area contributed by atoms with Crippen molar-refractivity contribution in [2.24, 2.45) is 5.92 Å². The van der Waals surface area contributed by atoms with Gasteiger partial charge in [-0.15, -0.1) is 0 Å². The first-order valence-electron chi connectivity index (χ1n) is 4.07. The highest BCUT2D eigenvalue weighted by Gasteiger charge is 2.10. The van der Waals surface area contributed by atoms with Crippen LogP contribution in [0, 0.1) is 9.49 Å². The van der Waals surface area contributed by atoms with E-state index in [0.29, 0.717) is 6.42 Å². The minimum Gasteiger partial charge on any atom is -0.481 e. The van der Waals surface area contributed by atoms with Crippen molar-refractivity contribution in [1.82, 2.24) is 0 Å². The third-order valence-electron chi connectivity index (χ3n) is 1.88. The average Bonchev–Trinajstić information content (AvgIpc) is 2.08. The van der Waals surface area contributed by atoms with E-state index in [4.69, 9.17) is 5.11 Å². The second-order valence-corrected chi connectivity index (χ2v) is 4.32. The predicted molar refractivity (Wildman–Crippen MR) is 59.7 cm³/mol. The van der Waals surface area contributed by atoms with E-state index in [-0.39, 0.29) is 5.92 Å². The maximum absolute atomic E-state index is 10.6. The van der Waals surface area contributed by atoms with Crippen LogP contribution in [0.25, 0.3) is 0 Å². The van der Waals surface area contributed by atoms with Crippen LogP contribution in [0.4, 0.5) is 0 Å². The second-order valence-electron chi connectivity index (χ2n) is 3.07. The monoisotopic (exact) mass is 290 g/mol. The lowest BCUT2D eigenvalue weighted by atomic mass is 10.0. The van der Waals surface area contributed by atoms with Crippen LogP contribution in [0.1, 0.15) is 12.5 Å². The number of halogens is 1. The fourth-order valence-electron chi connectivity index (χ4n) is 1.06. The van der Waals surface area contributed by atoms with Gasteiger partial charge in [0.1, 0.15) is 0 Å². The average molecular weight is 290 g/mol. The number of benzene rings is 1.